The van der Waals surface area contributed by atoms with Gasteiger partial charge in [-0.15, -0.1) is 11.6 Å². The molecule has 26 heavy (non-hydrogen) atoms. The van der Waals surface area contributed by atoms with Crippen molar-refractivity contribution in [2.24, 2.45) is 0 Å². The molecule has 1 heterocycles. The Hall–Kier alpha value is -1.28. The van der Waals surface area contributed by atoms with Crippen LogP contribution in [0.2, 0.25) is 5.02 Å². The second-order valence-electron chi connectivity index (χ2n) is 6.02. The van der Waals surface area contributed by atoms with Gasteiger partial charge in [0.05, 0.1) is 18.5 Å². The third-order valence-electron chi connectivity index (χ3n) is 4.30. The van der Waals surface area contributed by atoms with Crippen LogP contribution in [0.25, 0.3) is 0 Å². The molecule has 0 spiro atoms. The highest BCUT2D eigenvalue weighted by Crippen LogP contribution is 2.53. The van der Waals surface area contributed by atoms with E-state index in [1.165, 1.54) is 18.1 Å². The number of ether oxygens (including phenoxy) is 1. The van der Waals surface area contributed by atoms with E-state index in [1.807, 2.05) is 18.2 Å². The summed E-state index contributed by atoms with van der Waals surface area (Å²) in [5.41, 5.74) is -0.473. The van der Waals surface area contributed by atoms with Crippen molar-refractivity contribution in [3.63, 3.8) is 0 Å². The maximum absolute atomic E-state index is 11.5. The van der Waals surface area contributed by atoms with Crippen molar-refractivity contribution in [3.8, 4) is 0 Å². The van der Waals surface area contributed by atoms with Gasteiger partial charge in [-0.05, 0) is 24.5 Å². The number of hydrogen-bond donors (Lipinski definition) is 1. The van der Waals surface area contributed by atoms with Gasteiger partial charge in [0.2, 0.25) is 0 Å². The van der Waals surface area contributed by atoms with Gasteiger partial charge < -0.3 is 9.84 Å². The van der Waals surface area contributed by atoms with Crippen LogP contribution in [-0.2, 0) is 17.7 Å². The summed E-state index contributed by atoms with van der Waals surface area (Å²) in [6, 6.07) is 7.34. The molecule has 0 amide bonds. The summed E-state index contributed by atoms with van der Waals surface area (Å²) in [6.45, 7) is 0.0983. The molecule has 1 atom stereocenters. The molecule has 142 valence electrons. The number of alkyl halides is 1. The Kier molecular flexibility index (Phi) is 6.60. The first-order valence-electron chi connectivity index (χ1n) is 7.65. The summed E-state index contributed by atoms with van der Waals surface area (Å²) < 4.78 is 6.11. The number of nitrogens with zero attached hydrogens (tertiary/aromatic N) is 3. The van der Waals surface area contributed by atoms with Crippen molar-refractivity contribution in [1.82, 2.24) is 14.8 Å². The Morgan fingerprint density at radius 2 is 2.15 bits per heavy atom. The lowest BCUT2D eigenvalue weighted by molar-refractivity contribution is 0.00525. The van der Waals surface area contributed by atoms with Gasteiger partial charge in [-0.2, -0.15) is 5.10 Å². The Morgan fingerprint density at radius 3 is 2.77 bits per heavy atom. The molecule has 1 saturated carbocycles. The van der Waals surface area contributed by atoms with Gasteiger partial charge >= 0.3 is 5.30 Å². The van der Waals surface area contributed by atoms with Crippen LogP contribution in [0, 0.1) is 0 Å². The summed E-state index contributed by atoms with van der Waals surface area (Å²) in [5, 5.41) is 15.9. The molecule has 3 rings (SSSR count). The second-order valence-corrected chi connectivity index (χ2v) is 8.05. The van der Waals surface area contributed by atoms with Gasteiger partial charge in [-0.3, -0.25) is 0 Å². The maximum Gasteiger partial charge on any atom is 0.374 e. The predicted molar refractivity (Wildman–Crippen MR) is 103 cm³/mol. The fraction of sp³-hybridized carbons (Fsp3) is 0.471. The number of aliphatic hydroxyl groups is 1. The number of thioether (sulfide) groups is 1. The first-order valence-corrected chi connectivity index (χ1v) is 9.22. The van der Waals surface area contributed by atoms with E-state index in [1.54, 1.807) is 6.07 Å². The van der Waals surface area contributed by atoms with E-state index in [4.69, 9.17) is 23.2 Å². The number of aromatic nitrogens is 3. The van der Waals surface area contributed by atoms with E-state index in [2.05, 4.69) is 14.8 Å². The molecule has 0 saturated heterocycles. The van der Waals surface area contributed by atoms with E-state index in [9.17, 15) is 9.90 Å². The monoisotopic (exact) mass is 417 g/mol. The van der Waals surface area contributed by atoms with Crippen LogP contribution in [0.1, 0.15) is 25.8 Å². The highest BCUT2D eigenvalue weighted by molar-refractivity contribution is 8.13. The average Bonchev–Trinajstić information content (AvgIpc) is 3.21. The molecule has 1 aliphatic rings. The average molecular weight is 418 g/mol. The van der Waals surface area contributed by atoms with Gasteiger partial charge in [0.1, 0.15) is 11.9 Å². The first kappa shape index (κ1) is 21.0. The lowest BCUT2D eigenvalue weighted by atomic mass is 9.89. The van der Waals surface area contributed by atoms with Gasteiger partial charge in [0.15, 0.2) is 5.16 Å². The molecule has 1 aromatic carbocycles. The molecule has 1 N–H and O–H groups in total. The lowest BCUT2D eigenvalue weighted by Crippen LogP contribution is -2.47. The minimum atomic E-state index is -1.28. The normalized spacial score (nSPS) is 17.1. The molecule has 2 aromatic rings. The third kappa shape index (κ3) is 4.34. The Morgan fingerprint density at radius 1 is 1.46 bits per heavy atom. The topological polar surface area (TPSA) is 77.2 Å². The second kappa shape index (κ2) is 8.17. The quantitative estimate of drug-likeness (QED) is 0.431. The summed E-state index contributed by atoms with van der Waals surface area (Å²) in [5.74, 6) is 0. The fourth-order valence-corrected chi connectivity index (χ4v) is 3.67. The van der Waals surface area contributed by atoms with Crippen LogP contribution >= 0.6 is 35.0 Å². The smallest absolute Gasteiger partial charge is 0.374 e. The summed E-state index contributed by atoms with van der Waals surface area (Å²) in [4.78, 5) is 14.8. The molecule has 1 unspecified atom stereocenters. The Bertz CT molecular complexity index is 782. The van der Waals surface area contributed by atoms with Crippen LogP contribution in [0.5, 0.6) is 0 Å². The molecule has 0 bridgehead atoms. The SMILES string of the molecule is C.COC(=O)Sc1ncnn1CC(O)(Cc1ccccc1Cl)C1(Cl)CC1. The summed E-state index contributed by atoms with van der Waals surface area (Å²) >= 11 is 13.7. The van der Waals surface area contributed by atoms with Crippen molar-refractivity contribution in [1.29, 1.82) is 0 Å². The summed E-state index contributed by atoms with van der Waals surface area (Å²) in [6.07, 6.45) is 3.00. The van der Waals surface area contributed by atoms with Gasteiger partial charge in [-0.25, -0.2) is 14.5 Å². The van der Waals surface area contributed by atoms with E-state index < -0.39 is 15.8 Å². The number of hydrogen-bond acceptors (Lipinski definition) is 6. The number of carbonyl (C=O) groups excluding carboxylic acids is 1. The van der Waals surface area contributed by atoms with E-state index >= 15 is 0 Å². The zero-order valence-electron chi connectivity index (χ0n) is 13.5. The number of rotatable bonds is 6. The maximum atomic E-state index is 11.5. The van der Waals surface area contributed by atoms with E-state index in [0.29, 0.717) is 23.0 Å². The highest BCUT2D eigenvalue weighted by atomic mass is 35.5. The van der Waals surface area contributed by atoms with Crippen molar-refractivity contribution >= 4 is 40.3 Å². The van der Waals surface area contributed by atoms with Crippen molar-refractivity contribution in [3.05, 3.63) is 41.2 Å². The summed E-state index contributed by atoms with van der Waals surface area (Å²) in [7, 11) is 1.29. The van der Waals surface area contributed by atoms with Crippen LogP contribution in [-0.4, -0.2) is 42.8 Å². The Balaban J connectivity index is 0.00000243. The van der Waals surface area contributed by atoms with Crippen molar-refractivity contribution in [2.75, 3.05) is 7.11 Å². The molecular formula is C17H21Cl2N3O3S. The van der Waals surface area contributed by atoms with Crippen molar-refractivity contribution < 1.29 is 14.6 Å². The van der Waals surface area contributed by atoms with Crippen LogP contribution < -0.4 is 0 Å². The van der Waals surface area contributed by atoms with Crippen LogP contribution in [0.15, 0.2) is 35.7 Å². The minimum Gasteiger partial charge on any atom is -0.461 e. The third-order valence-corrected chi connectivity index (χ3v) is 6.23. The Labute approximate surface area is 166 Å². The largest absolute Gasteiger partial charge is 0.461 e. The number of halogens is 2. The van der Waals surface area contributed by atoms with Gasteiger partial charge in [0, 0.05) is 23.2 Å². The molecule has 1 fully saturated rings. The number of methoxy groups -OCH3 is 1. The van der Waals surface area contributed by atoms with Crippen LogP contribution in [0.3, 0.4) is 0 Å². The fourth-order valence-electron chi connectivity index (χ4n) is 2.69. The molecule has 1 aromatic heterocycles. The molecule has 0 aliphatic heterocycles. The lowest BCUT2D eigenvalue weighted by Gasteiger charge is -2.33. The molecule has 1 aliphatic carbocycles. The predicted octanol–water partition coefficient (Wildman–Crippen LogP) is 4.17. The van der Waals surface area contributed by atoms with Crippen molar-refractivity contribution in [2.45, 2.75) is 48.9 Å². The van der Waals surface area contributed by atoms with Crippen LogP contribution in [0.4, 0.5) is 4.79 Å². The standard InChI is InChI=1S/C16H17Cl2N3O3S.CH4/c1-24-14(22)25-13-19-10-20-21(13)9-16(23,15(18)6-7-15)8-11-4-2-3-5-12(11)17;/h2-5,10,23H,6-9H2,1H3;1H4. The van der Waals surface area contributed by atoms with Gasteiger partial charge in [-0.1, -0.05) is 37.2 Å². The van der Waals surface area contributed by atoms with Gasteiger partial charge in [0.25, 0.3) is 0 Å². The molecule has 0 radical (unpaired) electrons. The zero-order valence-corrected chi connectivity index (χ0v) is 15.8. The minimum absolute atomic E-state index is 0. The molecular weight excluding hydrogens is 397 g/mol. The first-order chi connectivity index (χ1) is 11.9. The highest BCUT2D eigenvalue weighted by Gasteiger charge is 2.58. The van der Waals surface area contributed by atoms with E-state index in [-0.39, 0.29) is 20.4 Å². The number of carbonyl (C=O) groups is 1. The molecule has 6 nitrogen and oxygen atoms in total. The zero-order chi connectivity index (χ0) is 18.1. The molecule has 9 heteroatoms. The number of benzene rings is 1. The van der Waals surface area contributed by atoms with E-state index in [0.717, 1.165) is 17.3 Å².